The Morgan fingerprint density at radius 2 is 0.907 bits per heavy atom. The summed E-state index contributed by atoms with van der Waals surface area (Å²) >= 11 is 0. The zero-order valence-corrected chi connectivity index (χ0v) is 42.4. The molecule has 2 aliphatic rings. The number of hydrogen-bond acceptors (Lipinski definition) is 3. The van der Waals surface area contributed by atoms with Crippen LogP contribution in [0.15, 0.2) is 73.2 Å². The van der Waals surface area contributed by atoms with E-state index in [1.54, 1.807) is 44.3 Å². The maximum absolute atomic E-state index is 4.19. The van der Waals surface area contributed by atoms with Crippen LogP contribution in [0.3, 0.4) is 0 Å². The molecule has 2 aliphatic carbocycles. The van der Waals surface area contributed by atoms with Gasteiger partial charge in [0, 0.05) is 137 Å². The van der Waals surface area contributed by atoms with Crippen LogP contribution in [0.5, 0.6) is 0 Å². The Kier molecular flexibility index (Phi) is 72.2. The summed E-state index contributed by atoms with van der Waals surface area (Å²) in [6.07, 6.45) is 30.8. The quantitative estimate of drug-likeness (QED) is 0.122. The van der Waals surface area contributed by atoms with E-state index in [1.165, 1.54) is 75.0 Å². The summed E-state index contributed by atoms with van der Waals surface area (Å²) in [5.41, 5.74) is 5.22. The summed E-state index contributed by atoms with van der Waals surface area (Å²) < 4.78 is 0. The molecule has 5 rings (SSSR count). The van der Waals surface area contributed by atoms with E-state index < -0.39 is 0 Å². The van der Waals surface area contributed by atoms with Gasteiger partial charge in [-0.05, 0) is 93.9 Å². The van der Waals surface area contributed by atoms with Crippen molar-refractivity contribution in [3.05, 3.63) is 114 Å². The van der Waals surface area contributed by atoms with Gasteiger partial charge in [0.2, 0.25) is 0 Å². The largest absolute Gasteiger partial charge is 0.343 e. The first kappa shape index (κ1) is 70.7. The summed E-state index contributed by atoms with van der Waals surface area (Å²) in [7, 11) is 7.66. The predicted molar refractivity (Wildman–Crippen MR) is 231 cm³/mol. The van der Waals surface area contributed by atoms with Crippen LogP contribution in [0, 0.1) is 34.6 Å². The van der Waals surface area contributed by atoms with Gasteiger partial charge in [-0.3, -0.25) is 15.0 Å². The van der Waals surface area contributed by atoms with Crippen molar-refractivity contribution in [2.24, 2.45) is 0 Å². The van der Waals surface area contributed by atoms with Crippen molar-refractivity contribution >= 4 is 35.6 Å². The predicted octanol–water partition coefficient (Wildman–Crippen LogP) is 11.9. The third-order valence-corrected chi connectivity index (χ3v) is 13.0. The molecule has 0 amide bonds. The van der Waals surface area contributed by atoms with Crippen LogP contribution in [0.4, 0.5) is 0 Å². The van der Waals surface area contributed by atoms with Crippen molar-refractivity contribution in [1.29, 1.82) is 0 Å². The maximum atomic E-state index is 4.19. The molecule has 0 spiro atoms. The van der Waals surface area contributed by atoms with Gasteiger partial charge < -0.3 is 34.6 Å². The van der Waals surface area contributed by atoms with Gasteiger partial charge in [-0.25, -0.2) is 0 Å². The molecule has 3 aromatic rings. The molecular formula is C41H69N3Ni6P4-4. The van der Waals surface area contributed by atoms with Crippen LogP contribution in [0.25, 0.3) is 11.4 Å². The fraction of sp³-hybridized carbons (Fsp3) is 0.512. The Morgan fingerprint density at radius 3 is 1.13 bits per heavy atom. The van der Waals surface area contributed by atoms with E-state index in [2.05, 4.69) is 77.3 Å². The first-order chi connectivity index (χ1) is 23.6. The van der Waals surface area contributed by atoms with Gasteiger partial charge in [0.1, 0.15) is 0 Å². The minimum absolute atomic E-state index is 0. The molecule has 3 heterocycles. The molecule has 54 heavy (non-hydrogen) atoms. The van der Waals surface area contributed by atoms with Gasteiger partial charge in [-0.2, -0.15) is 28.2 Å². The Bertz CT molecular complexity index is 983. The topological polar surface area (TPSA) is 38.7 Å². The number of unbranched alkanes of at least 4 members (excludes halogenated alkanes) is 1. The van der Waals surface area contributed by atoms with E-state index in [0.717, 1.165) is 48.7 Å². The van der Waals surface area contributed by atoms with E-state index in [0.29, 0.717) is 0 Å². The number of pyridine rings is 3. The van der Waals surface area contributed by atoms with Crippen molar-refractivity contribution in [3.63, 3.8) is 0 Å². The number of rotatable bonds is 9. The number of nitrogens with zero attached hydrogens (tertiary/aromatic N) is 3. The second-order valence-corrected chi connectivity index (χ2v) is 16.8. The second kappa shape index (κ2) is 55.1. The molecule has 0 saturated heterocycles. The molecule has 0 aromatic carbocycles. The summed E-state index contributed by atoms with van der Waals surface area (Å²) in [6.45, 7) is 18.5. The molecule has 3 nitrogen and oxygen atoms in total. The molecule has 2 saturated carbocycles. The summed E-state index contributed by atoms with van der Waals surface area (Å²) in [5.74, 6) is 0. The third-order valence-electron chi connectivity index (χ3n) is 7.96. The fourth-order valence-electron chi connectivity index (χ4n) is 5.61. The first-order valence-electron chi connectivity index (χ1n) is 18.2. The van der Waals surface area contributed by atoms with E-state index in [1.807, 2.05) is 54.6 Å². The van der Waals surface area contributed by atoms with Crippen molar-refractivity contribution in [3.8, 4) is 11.4 Å². The van der Waals surface area contributed by atoms with Crippen LogP contribution < -0.4 is 0 Å². The van der Waals surface area contributed by atoms with E-state index >= 15 is 0 Å². The van der Waals surface area contributed by atoms with Crippen molar-refractivity contribution in [1.82, 2.24) is 15.0 Å². The SMILES string of the molecule is [CH2-]CCCP.[CH2-]CCP.[CH2-]CC[PH+](C1CCCCC1)C1CCCCC1.[CH2-]CP.[CH2-]Cc1ccccn1.[Ni].[Ni].[Ni].[Ni].[Ni].[Ni].c1ccc(-c2ccccn2)nc1. The Labute approximate surface area is 402 Å². The maximum Gasteiger partial charge on any atom is 0.0886 e. The smallest absolute Gasteiger partial charge is 0.0886 e. The summed E-state index contributed by atoms with van der Waals surface area (Å²) in [4.78, 5) is 12.4. The molecule has 0 aliphatic heterocycles. The Balaban J connectivity index is -0.000000104. The average Bonchev–Trinajstić information content (AvgIpc) is 3.17. The zero-order chi connectivity index (χ0) is 35.5. The van der Waals surface area contributed by atoms with Crippen LogP contribution in [0.1, 0.15) is 95.6 Å². The average molecular weight is 1080 g/mol. The van der Waals surface area contributed by atoms with Gasteiger partial charge in [-0.15, -0.1) is 31.3 Å². The molecule has 0 radical (unpaired) electrons. The molecule has 13 heteroatoms. The monoisotopic (exact) mass is 1080 g/mol. The van der Waals surface area contributed by atoms with E-state index in [-0.39, 0.29) is 107 Å². The minimum atomic E-state index is -0.0593. The van der Waals surface area contributed by atoms with E-state index in [9.17, 15) is 0 Å². The van der Waals surface area contributed by atoms with Gasteiger partial charge in [0.05, 0.1) is 22.7 Å². The van der Waals surface area contributed by atoms with Crippen LogP contribution in [-0.4, -0.2) is 50.9 Å². The van der Waals surface area contributed by atoms with Crippen molar-refractivity contribution < 1.29 is 98.9 Å². The second-order valence-electron chi connectivity index (χ2n) is 11.8. The van der Waals surface area contributed by atoms with Crippen molar-refractivity contribution in [2.75, 3.05) is 24.6 Å². The Morgan fingerprint density at radius 1 is 0.519 bits per heavy atom. The Hall–Kier alpha value is 2.13. The molecule has 2 fully saturated rings. The molecule has 332 valence electrons. The van der Waals surface area contributed by atoms with Crippen molar-refractivity contribution in [2.45, 2.75) is 108 Å². The molecule has 3 unspecified atom stereocenters. The normalized spacial score (nSPS) is 12.6. The first-order valence-corrected chi connectivity index (χ1v) is 22.5. The standard InChI is InChI=1S/C15H28P.C10H8N2.C7H8N.C4H10P.C3H8P.C2H6P.6Ni/c1-2-13-16(14-9-5-3-6-10-14)15-11-7-4-8-12-15;1-3-7-11-9(5-1)10-6-2-4-8-12-10;1-2-7-5-3-4-6-8-7;1-2-3-4-5;1-2-3-4;1-2-3;;;;;;/h14-15H,1-13H2;1-8H;3-6H,1-2H2;1-5H2;1-4H2;1-3H2;;;;;;/q-1;;4*-1;;;;;;/p+1. The number of aromatic nitrogens is 3. The fourth-order valence-corrected chi connectivity index (χ4v) is 10.1. The van der Waals surface area contributed by atoms with Gasteiger partial charge in [0.25, 0.3) is 0 Å². The van der Waals surface area contributed by atoms with Crippen LogP contribution >= 0.6 is 35.6 Å². The molecule has 3 atom stereocenters. The zero-order valence-electron chi connectivity index (χ0n) is 32.0. The van der Waals surface area contributed by atoms with Gasteiger partial charge >= 0.3 is 0 Å². The van der Waals surface area contributed by atoms with E-state index in [4.69, 9.17) is 0 Å². The van der Waals surface area contributed by atoms with Crippen LogP contribution in [0.2, 0.25) is 0 Å². The molecule has 3 aromatic heterocycles. The summed E-state index contributed by atoms with van der Waals surface area (Å²) in [5, 5.41) is 0. The van der Waals surface area contributed by atoms with Crippen LogP contribution in [-0.2, 0) is 105 Å². The summed E-state index contributed by atoms with van der Waals surface area (Å²) in [6, 6.07) is 17.4. The molecule has 0 N–H and O–H groups in total. The molecular weight excluding hydrogens is 1010 g/mol. The minimum Gasteiger partial charge on any atom is -0.343 e. The third kappa shape index (κ3) is 39.6. The van der Waals surface area contributed by atoms with Gasteiger partial charge in [-0.1, -0.05) is 43.6 Å². The molecule has 0 bridgehead atoms. The van der Waals surface area contributed by atoms with Gasteiger partial charge in [0.15, 0.2) is 0 Å². The number of hydrogen-bond donors (Lipinski definition) is 0.